The summed E-state index contributed by atoms with van der Waals surface area (Å²) in [5.74, 6) is -0.422. The van der Waals surface area contributed by atoms with Crippen molar-refractivity contribution in [3.8, 4) is 0 Å². The zero-order valence-electron chi connectivity index (χ0n) is 9.14. The van der Waals surface area contributed by atoms with Gasteiger partial charge in [-0.05, 0) is 25.0 Å². The van der Waals surface area contributed by atoms with E-state index in [0.29, 0.717) is 17.8 Å². The van der Waals surface area contributed by atoms with Gasteiger partial charge >= 0.3 is 5.97 Å². The molecule has 16 heavy (non-hydrogen) atoms. The fraction of sp³-hybridized carbons (Fsp3) is 0.455. The van der Waals surface area contributed by atoms with Crippen LogP contribution < -0.4 is 11.1 Å². The Labute approximate surface area is 94.0 Å². The molecule has 5 nitrogen and oxygen atoms in total. The molecule has 5 heteroatoms. The summed E-state index contributed by atoms with van der Waals surface area (Å²) < 4.78 is 4.60. The number of ether oxygens (including phenoxy) is 1. The van der Waals surface area contributed by atoms with E-state index in [-0.39, 0.29) is 0 Å². The highest BCUT2D eigenvalue weighted by Crippen LogP contribution is 2.22. The van der Waals surface area contributed by atoms with Gasteiger partial charge in [0.1, 0.15) is 5.69 Å². The van der Waals surface area contributed by atoms with E-state index in [4.69, 9.17) is 5.73 Å². The number of nitrogens with two attached hydrogens (primary N) is 1. The second-order valence-corrected chi connectivity index (χ2v) is 3.99. The van der Waals surface area contributed by atoms with Gasteiger partial charge in [-0.25, -0.2) is 9.78 Å². The SMILES string of the molecule is COC(=O)c1cc(NC2CC(N)C2)ccn1. The normalized spacial score (nSPS) is 23.4. The molecule has 1 fully saturated rings. The largest absolute Gasteiger partial charge is 0.464 e. The number of hydrogen-bond acceptors (Lipinski definition) is 5. The Morgan fingerprint density at radius 2 is 2.38 bits per heavy atom. The molecule has 0 spiro atoms. The van der Waals surface area contributed by atoms with Gasteiger partial charge in [0.25, 0.3) is 0 Å². The van der Waals surface area contributed by atoms with Crippen molar-refractivity contribution in [2.45, 2.75) is 24.9 Å². The second kappa shape index (κ2) is 4.49. The minimum Gasteiger partial charge on any atom is -0.464 e. The van der Waals surface area contributed by atoms with Crippen LogP contribution >= 0.6 is 0 Å². The number of anilines is 1. The van der Waals surface area contributed by atoms with Crippen LogP contribution in [0.3, 0.4) is 0 Å². The van der Waals surface area contributed by atoms with Gasteiger partial charge < -0.3 is 15.8 Å². The van der Waals surface area contributed by atoms with E-state index in [1.165, 1.54) is 7.11 Å². The molecule has 0 aromatic carbocycles. The Bertz CT molecular complexity index is 389. The highest BCUT2D eigenvalue weighted by Gasteiger charge is 2.25. The van der Waals surface area contributed by atoms with Crippen molar-refractivity contribution in [3.05, 3.63) is 24.0 Å². The Balaban J connectivity index is 2.02. The lowest BCUT2D eigenvalue weighted by atomic mass is 9.87. The highest BCUT2D eigenvalue weighted by atomic mass is 16.5. The van der Waals surface area contributed by atoms with Gasteiger partial charge in [0.15, 0.2) is 0 Å². The molecule has 1 aromatic heterocycles. The van der Waals surface area contributed by atoms with E-state index in [9.17, 15) is 4.79 Å². The number of pyridine rings is 1. The predicted molar refractivity (Wildman–Crippen MR) is 60.2 cm³/mol. The molecule has 1 heterocycles. The van der Waals surface area contributed by atoms with Gasteiger partial charge in [0.2, 0.25) is 0 Å². The summed E-state index contributed by atoms with van der Waals surface area (Å²) in [6.45, 7) is 0. The van der Waals surface area contributed by atoms with Crippen LogP contribution in [0.15, 0.2) is 18.3 Å². The van der Waals surface area contributed by atoms with E-state index in [2.05, 4.69) is 15.0 Å². The molecule has 86 valence electrons. The van der Waals surface area contributed by atoms with Crippen molar-refractivity contribution in [2.75, 3.05) is 12.4 Å². The van der Waals surface area contributed by atoms with Gasteiger partial charge in [0.05, 0.1) is 7.11 Å². The van der Waals surface area contributed by atoms with E-state index in [1.807, 2.05) is 6.07 Å². The third kappa shape index (κ3) is 2.30. The Hall–Kier alpha value is -1.62. The highest BCUT2D eigenvalue weighted by molar-refractivity contribution is 5.88. The number of rotatable bonds is 3. The molecule has 1 aliphatic rings. The summed E-state index contributed by atoms with van der Waals surface area (Å²) in [4.78, 5) is 15.2. The molecule has 0 radical (unpaired) electrons. The number of carbonyl (C=O) groups is 1. The van der Waals surface area contributed by atoms with Crippen LogP contribution in [0.2, 0.25) is 0 Å². The van der Waals surface area contributed by atoms with Crippen molar-refractivity contribution in [1.82, 2.24) is 4.98 Å². The fourth-order valence-corrected chi connectivity index (χ4v) is 1.75. The van der Waals surface area contributed by atoms with Crippen LogP contribution in [-0.4, -0.2) is 30.1 Å². The number of nitrogens with one attached hydrogen (secondary N) is 1. The number of methoxy groups -OCH3 is 1. The van der Waals surface area contributed by atoms with Crippen LogP contribution in [-0.2, 0) is 4.74 Å². The molecule has 1 aromatic rings. The van der Waals surface area contributed by atoms with E-state index in [0.717, 1.165) is 18.5 Å². The lowest BCUT2D eigenvalue weighted by Gasteiger charge is -2.33. The number of esters is 1. The van der Waals surface area contributed by atoms with Gasteiger partial charge in [-0.15, -0.1) is 0 Å². The number of hydrogen-bond donors (Lipinski definition) is 2. The molecule has 0 saturated heterocycles. The van der Waals surface area contributed by atoms with Crippen LogP contribution in [0, 0.1) is 0 Å². The molecule has 0 aliphatic heterocycles. The number of carbonyl (C=O) groups excluding carboxylic acids is 1. The van der Waals surface area contributed by atoms with Crippen molar-refractivity contribution in [1.29, 1.82) is 0 Å². The van der Waals surface area contributed by atoms with E-state index < -0.39 is 5.97 Å². The van der Waals surface area contributed by atoms with Gasteiger partial charge in [0, 0.05) is 24.0 Å². The molecule has 0 unspecified atom stereocenters. The summed E-state index contributed by atoms with van der Waals surface area (Å²) in [7, 11) is 1.34. The topological polar surface area (TPSA) is 77.2 Å². The quantitative estimate of drug-likeness (QED) is 0.737. The molecule has 0 atom stereocenters. The maximum absolute atomic E-state index is 11.3. The predicted octanol–water partition coefficient (Wildman–Crippen LogP) is 0.770. The first-order valence-electron chi connectivity index (χ1n) is 5.25. The minimum absolute atomic E-state index is 0.305. The molecule has 1 aliphatic carbocycles. The molecule has 3 N–H and O–H groups in total. The molecular formula is C11H15N3O2. The average molecular weight is 221 g/mol. The van der Waals surface area contributed by atoms with Gasteiger partial charge in [-0.3, -0.25) is 0 Å². The van der Waals surface area contributed by atoms with E-state index >= 15 is 0 Å². The summed E-state index contributed by atoms with van der Waals surface area (Å²) in [5, 5.41) is 3.30. The monoisotopic (exact) mass is 221 g/mol. The Kier molecular flexibility index (Phi) is 3.05. The first-order chi connectivity index (χ1) is 7.69. The zero-order chi connectivity index (χ0) is 11.5. The summed E-state index contributed by atoms with van der Waals surface area (Å²) in [6, 6.07) is 4.23. The maximum Gasteiger partial charge on any atom is 0.356 e. The fourth-order valence-electron chi connectivity index (χ4n) is 1.75. The Morgan fingerprint density at radius 3 is 3.00 bits per heavy atom. The molecular weight excluding hydrogens is 206 g/mol. The van der Waals surface area contributed by atoms with E-state index in [1.54, 1.807) is 12.3 Å². The van der Waals surface area contributed by atoms with Crippen molar-refractivity contribution >= 4 is 11.7 Å². The third-order valence-corrected chi connectivity index (χ3v) is 2.70. The minimum atomic E-state index is -0.422. The van der Waals surface area contributed by atoms with Crippen molar-refractivity contribution < 1.29 is 9.53 Å². The number of aromatic nitrogens is 1. The van der Waals surface area contributed by atoms with Crippen LogP contribution in [0.25, 0.3) is 0 Å². The molecule has 1 saturated carbocycles. The maximum atomic E-state index is 11.3. The van der Waals surface area contributed by atoms with Crippen molar-refractivity contribution in [3.63, 3.8) is 0 Å². The standard InChI is InChI=1S/C11H15N3O2/c1-16-11(15)10-6-8(2-3-13-10)14-9-4-7(12)5-9/h2-3,6-7,9H,4-5,12H2,1H3,(H,13,14). The van der Waals surface area contributed by atoms with Crippen LogP contribution in [0.5, 0.6) is 0 Å². The van der Waals surface area contributed by atoms with Crippen LogP contribution in [0.1, 0.15) is 23.3 Å². The molecule has 2 rings (SSSR count). The van der Waals surface area contributed by atoms with Crippen LogP contribution in [0.4, 0.5) is 5.69 Å². The molecule has 0 bridgehead atoms. The average Bonchev–Trinajstić information content (AvgIpc) is 2.26. The van der Waals surface area contributed by atoms with Gasteiger partial charge in [-0.1, -0.05) is 0 Å². The van der Waals surface area contributed by atoms with Crippen molar-refractivity contribution in [2.24, 2.45) is 5.73 Å². The lowest BCUT2D eigenvalue weighted by molar-refractivity contribution is 0.0594. The summed E-state index contributed by atoms with van der Waals surface area (Å²) in [5.41, 5.74) is 6.89. The van der Waals surface area contributed by atoms with Gasteiger partial charge in [-0.2, -0.15) is 0 Å². The second-order valence-electron chi connectivity index (χ2n) is 3.99. The first kappa shape index (κ1) is 10.9. The third-order valence-electron chi connectivity index (χ3n) is 2.70. The smallest absolute Gasteiger partial charge is 0.356 e. The number of nitrogens with zero attached hydrogens (tertiary/aromatic N) is 1. The zero-order valence-corrected chi connectivity index (χ0v) is 9.14. The Morgan fingerprint density at radius 1 is 1.62 bits per heavy atom. The first-order valence-corrected chi connectivity index (χ1v) is 5.25. The lowest BCUT2D eigenvalue weighted by Crippen LogP contribution is -2.44. The summed E-state index contributed by atoms with van der Waals surface area (Å²) in [6.07, 6.45) is 3.53. The summed E-state index contributed by atoms with van der Waals surface area (Å²) >= 11 is 0. The molecule has 0 amide bonds.